The predicted molar refractivity (Wildman–Crippen MR) is 307 cm³/mol. The molecule has 5 atom stereocenters. The smallest absolute Gasteiger partial charge is 0.335 e. The highest BCUT2D eigenvalue weighted by Crippen LogP contribution is 2.33. The van der Waals surface area contributed by atoms with Crippen molar-refractivity contribution in [3.8, 4) is 23.8 Å². The van der Waals surface area contributed by atoms with Crippen LogP contribution >= 0.6 is 15.9 Å². The Morgan fingerprint density at radius 1 is 0.807 bits per heavy atom. The maximum atomic E-state index is 13.7. The van der Waals surface area contributed by atoms with E-state index in [2.05, 4.69) is 47.2 Å². The number of hydrogen-bond acceptors (Lipinski definition) is 17. The van der Waals surface area contributed by atoms with Crippen molar-refractivity contribution in [1.29, 1.82) is 0 Å². The summed E-state index contributed by atoms with van der Waals surface area (Å²) >= 11 is 3.61. The van der Waals surface area contributed by atoms with Gasteiger partial charge in [0.2, 0.25) is 52.9 Å². The summed E-state index contributed by atoms with van der Waals surface area (Å²) in [6.45, 7) is 2.15. The first-order valence-electron chi connectivity index (χ1n) is 26.8. The number of Topliss-reactive ketones (excluding diaryl/α,β-unsaturated/α-hetero) is 1. The number of aromatic amines is 1. The van der Waals surface area contributed by atoms with Gasteiger partial charge in [0.05, 0.1) is 69.2 Å². The molecule has 3 heterocycles. The number of nitrogens with one attached hydrogen (secondary N) is 3. The van der Waals surface area contributed by atoms with Crippen molar-refractivity contribution in [3.63, 3.8) is 0 Å². The number of carbonyl (C=O) groups excluding carboxylic acids is 4. The number of nitrogens with zero attached hydrogens (tertiary/aromatic N) is 3. The van der Waals surface area contributed by atoms with Crippen LogP contribution in [-0.4, -0.2) is 143 Å². The summed E-state index contributed by atoms with van der Waals surface area (Å²) in [5.41, 5.74) is 3.84. The standard InChI is InChI=1S/C59H58BrF5N6O16.CH3/c1-3-18-71(31-36-27-38-40(28-39(36)60)67-32(2)68-57(38)79)37-10-8-35(9-11-37)42(72)12-6-33-5-4-19-70(29-33)30-34-7-13-43(85-59-54(78)52(76)53(77)56(87-59)58(80)81)41(26-34)69-45(74)14-17-66-44(73)15-20-82-22-24-84-25-23-83-21-16-46(75)86-55-50(64)48(62)47(61)49(63)51(55)65;/h1,4-5,7-11,13,19,26-29,52-54,56,59,76-78H,6,12,14-18,20-25,30-31H2,2H3,(H3-,66,67,68,69,73,74,79,80,81);1H3/q;-1/p+1/t52-,53-,54+,56-,59+;/m0./s1. The van der Waals surface area contributed by atoms with Crippen molar-refractivity contribution >= 4 is 67.7 Å². The molecule has 0 unspecified atom stereocenters. The highest BCUT2D eigenvalue weighted by Gasteiger charge is 2.48. The van der Waals surface area contributed by atoms with E-state index in [1.165, 1.54) is 6.07 Å². The summed E-state index contributed by atoms with van der Waals surface area (Å²) < 4.78 is 101. The molecule has 7 N–H and O–H groups in total. The summed E-state index contributed by atoms with van der Waals surface area (Å²) in [6.07, 6.45) is -0.660. The van der Waals surface area contributed by atoms with Crippen molar-refractivity contribution < 1.29 is 99.3 Å². The number of halogens is 6. The van der Waals surface area contributed by atoms with E-state index >= 15 is 0 Å². The Hall–Kier alpha value is -8.27. The number of ketones is 1. The number of amides is 2. The minimum atomic E-state index is -2.40. The normalized spacial score (nSPS) is 16.3. The van der Waals surface area contributed by atoms with Gasteiger partial charge in [0.1, 0.15) is 29.9 Å². The van der Waals surface area contributed by atoms with E-state index in [1.54, 1.807) is 55.6 Å². The summed E-state index contributed by atoms with van der Waals surface area (Å²) in [7, 11) is 0. The molecular formula is C60H62BrF5N6O16. The molecule has 2 aromatic heterocycles. The molecule has 22 nitrogen and oxygen atoms in total. The van der Waals surface area contributed by atoms with Crippen LogP contribution in [0.15, 0.2) is 88.4 Å². The lowest BCUT2D eigenvalue weighted by Gasteiger charge is -2.38. The molecule has 0 spiro atoms. The van der Waals surface area contributed by atoms with Gasteiger partial charge in [0, 0.05) is 65.3 Å². The van der Waals surface area contributed by atoms with Gasteiger partial charge in [-0.15, -0.1) is 6.42 Å². The maximum Gasteiger partial charge on any atom is 0.335 e. The fraction of sp³-hybridized carbons (Fsp3) is 0.350. The van der Waals surface area contributed by atoms with Gasteiger partial charge in [-0.25, -0.2) is 27.5 Å². The molecule has 1 aliphatic heterocycles. The molecule has 4 aromatic carbocycles. The topological polar surface area (TPSA) is 299 Å². The zero-order valence-corrected chi connectivity index (χ0v) is 49.0. The number of aromatic nitrogens is 3. The number of ether oxygens (including phenoxy) is 6. The van der Waals surface area contributed by atoms with E-state index in [4.69, 9.17) is 30.1 Å². The quantitative estimate of drug-likeness (QED) is 0.00295. The van der Waals surface area contributed by atoms with Crippen LogP contribution in [0.4, 0.5) is 33.3 Å². The number of terminal acetylenes is 1. The number of esters is 1. The van der Waals surface area contributed by atoms with E-state index in [1.807, 2.05) is 33.9 Å². The molecule has 28 heteroatoms. The first-order chi connectivity index (χ1) is 41.6. The van der Waals surface area contributed by atoms with Gasteiger partial charge in [-0.3, -0.25) is 24.0 Å². The SMILES string of the molecule is C#CCN(Cc1cc2c(=O)[nH]c(C)nc2cc1Br)c1ccc(C(=O)CCc2ccc[n+](Cc3ccc(O[C@@H]4O[C@H](C(=O)O)[C@@H](O)[C@H](O)[C@H]4O)c(NC(=O)CCNC(=O)CCOCCOCCOCCC(=O)Oc4c(F)c(F)c(F)c(F)c4F)c3)c2)cc1.[CH3-]. The van der Waals surface area contributed by atoms with E-state index in [-0.39, 0.29) is 109 Å². The highest BCUT2D eigenvalue weighted by molar-refractivity contribution is 9.10. The molecule has 6 aromatic rings. The molecule has 0 bridgehead atoms. The number of carboxylic acids is 1. The number of hydrogen-bond donors (Lipinski definition) is 7. The van der Waals surface area contributed by atoms with Crippen molar-refractivity contribution in [3.05, 3.63) is 159 Å². The third kappa shape index (κ3) is 18.6. The van der Waals surface area contributed by atoms with E-state index in [0.717, 1.165) is 21.3 Å². The molecule has 1 aliphatic rings. The Bertz CT molecular complexity index is 3550. The Kier molecular flexibility index (Phi) is 25.5. The number of aliphatic carboxylic acids is 1. The van der Waals surface area contributed by atoms with E-state index < -0.39 is 95.7 Å². The maximum absolute atomic E-state index is 13.7. The van der Waals surface area contributed by atoms with E-state index in [0.29, 0.717) is 40.8 Å². The number of aliphatic hydroxyl groups excluding tert-OH is 3. The number of benzene rings is 4. The molecule has 0 radical (unpaired) electrons. The lowest BCUT2D eigenvalue weighted by Crippen LogP contribution is -2.61. The molecule has 1 fully saturated rings. The van der Waals surface area contributed by atoms with Crippen LogP contribution in [0.2, 0.25) is 0 Å². The summed E-state index contributed by atoms with van der Waals surface area (Å²) in [4.78, 5) is 84.8. The molecule has 88 heavy (non-hydrogen) atoms. The number of carbonyl (C=O) groups is 5. The minimum Gasteiger partial charge on any atom is -0.479 e. The number of rotatable bonds is 30. The molecule has 0 saturated carbocycles. The number of H-pyrrole nitrogens is 1. The van der Waals surface area contributed by atoms with Crippen molar-refractivity contribution in [2.24, 2.45) is 0 Å². The Morgan fingerprint density at radius 3 is 2.14 bits per heavy atom. The molecule has 470 valence electrons. The average molecular weight is 1300 g/mol. The Labute approximate surface area is 508 Å². The fourth-order valence-corrected chi connectivity index (χ4v) is 9.22. The highest BCUT2D eigenvalue weighted by atomic mass is 79.9. The van der Waals surface area contributed by atoms with Gasteiger partial charge in [0.15, 0.2) is 30.8 Å². The number of aryl methyl sites for hydroxylation is 2. The Balaban J connectivity index is 0.0000124. The molecule has 0 aliphatic carbocycles. The van der Waals surface area contributed by atoms with Crippen LogP contribution < -0.4 is 35.1 Å². The van der Waals surface area contributed by atoms with E-state index in [9.17, 15) is 71.1 Å². The Morgan fingerprint density at radius 2 is 1.47 bits per heavy atom. The average Bonchev–Trinajstić information content (AvgIpc) is 1.63. The van der Waals surface area contributed by atoms with Gasteiger partial charge in [-0.05, 0) is 79.6 Å². The van der Waals surface area contributed by atoms with Crippen LogP contribution in [0.5, 0.6) is 11.5 Å². The third-order valence-corrected chi connectivity index (χ3v) is 14.0. The second-order valence-electron chi connectivity index (χ2n) is 19.6. The van der Waals surface area contributed by atoms with Gasteiger partial charge >= 0.3 is 11.9 Å². The van der Waals surface area contributed by atoms with Crippen LogP contribution in [0.25, 0.3) is 10.9 Å². The van der Waals surface area contributed by atoms with Gasteiger partial charge in [-0.1, -0.05) is 21.9 Å². The first kappa shape index (κ1) is 68.8. The lowest BCUT2D eigenvalue weighted by molar-refractivity contribution is -0.688. The fourth-order valence-electron chi connectivity index (χ4n) is 8.76. The number of pyridine rings is 1. The van der Waals surface area contributed by atoms with Crippen molar-refractivity contribution in [2.45, 2.75) is 82.8 Å². The summed E-state index contributed by atoms with van der Waals surface area (Å²) in [5, 5.41) is 46.7. The zero-order valence-electron chi connectivity index (χ0n) is 47.4. The number of fused-ring (bicyclic) bond motifs is 1. The van der Waals surface area contributed by atoms with Gasteiger partial charge in [-0.2, -0.15) is 8.78 Å². The van der Waals surface area contributed by atoms with Crippen LogP contribution in [0.3, 0.4) is 0 Å². The first-order valence-corrected chi connectivity index (χ1v) is 27.6. The van der Waals surface area contributed by atoms with Gasteiger partial charge in [0.25, 0.3) is 5.56 Å². The molecule has 1 saturated heterocycles. The second kappa shape index (κ2) is 32.6. The molecule has 2 amide bonds. The monoisotopic (exact) mass is 1300 g/mol. The summed E-state index contributed by atoms with van der Waals surface area (Å²) in [6, 6.07) is 18.9. The lowest BCUT2D eigenvalue weighted by atomic mass is 9.99. The summed E-state index contributed by atoms with van der Waals surface area (Å²) in [5.74, 6) is -14.3. The van der Waals surface area contributed by atoms with Crippen LogP contribution in [0, 0.1) is 55.8 Å². The predicted octanol–water partition coefficient (Wildman–Crippen LogP) is 5.08. The largest absolute Gasteiger partial charge is 0.479 e. The minimum absolute atomic E-state index is 0. The van der Waals surface area contributed by atoms with Crippen molar-refractivity contribution in [2.75, 3.05) is 62.9 Å². The van der Waals surface area contributed by atoms with Crippen LogP contribution in [-0.2, 0) is 57.6 Å². The second-order valence-corrected chi connectivity index (χ2v) is 20.4. The number of carboxylic acid groups (broad SMARTS) is 1. The number of aliphatic hydroxyl groups is 3. The number of anilines is 2. The van der Waals surface area contributed by atoms with Crippen molar-refractivity contribution in [1.82, 2.24) is 15.3 Å². The third-order valence-electron chi connectivity index (χ3n) is 13.2. The molecular weight excluding hydrogens is 1240 g/mol. The van der Waals surface area contributed by atoms with Gasteiger partial charge < -0.3 is 76.8 Å². The zero-order chi connectivity index (χ0) is 62.9. The van der Waals surface area contributed by atoms with Crippen LogP contribution in [0.1, 0.15) is 58.6 Å². The molecule has 7 rings (SSSR count).